The minimum Gasteiger partial charge on any atom is -0.508 e. The van der Waals surface area contributed by atoms with Crippen molar-refractivity contribution in [2.24, 2.45) is 16.5 Å². The van der Waals surface area contributed by atoms with Gasteiger partial charge < -0.3 is 57.6 Å². The Morgan fingerprint density at radius 1 is 0.701 bits per heavy atom. The van der Waals surface area contributed by atoms with Crippen LogP contribution in [0.2, 0.25) is 0 Å². The van der Waals surface area contributed by atoms with Crippen LogP contribution in [0.3, 0.4) is 0 Å². The molecule has 0 radical (unpaired) electrons. The van der Waals surface area contributed by atoms with Gasteiger partial charge in [-0.25, -0.2) is 0 Å². The summed E-state index contributed by atoms with van der Waals surface area (Å²) in [6.07, 6.45) is 6.70. The van der Waals surface area contributed by atoms with Crippen molar-refractivity contribution in [3.05, 3.63) is 101 Å². The fourth-order valence-electron chi connectivity index (χ4n) is 10.5. The van der Waals surface area contributed by atoms with Gasteiger partial charge in [-0.2, -0.15) is 0 Å². The quantitative estimate of drug-likeness (QED) is 0.0625. The molecule has 6 amide bonds. The van der Waals surface area contributed by atoms with Crippen LogP contribution in [0.15, 0.2) is 84.1 Å². The third-order valence-electron chi connectivity index (χ3n) is 14.0. The third-order valence-corrected chi connectivity index (χ3v) is 14.0. The molecular weight excluding hydrogens is 855 g/mol. The zero-order valence-electron chi connectivity index (χ0n) is 37.2. The Hall–Kier alpha value is -7.37. The van der Waals surface area contributed by atoms with Crippen LogP contribution in [0.5, 0.6) is 5.75 Å². The summed E-state index contributed by atoms with van der Waals surface area (Å²) in [5, 5.41) is 23.8. The molecule has 18 heteroatoms. The smallest absolute Gasteiger partial charge is 0.246 e. The topological polar surface area (TPSA) is 273 Å². The van der Waals surface area contributed by atoms with Crippen LogP contribution in [0, 0.1) is 0 Å². The summed E-state index contributed by atoms with van der Waals surface area (Å²) in [4.78, 5) is 103. The molecule has 350 valence electrons. The number of aromatic hydroxyl groups is 1. The Kier molecular flexibility index (Phi) is 12.6. The predicted octanol–water partition coefficient (Wildman–Crippen LogP) is 2.04. The number of H-pyrrole nitrogens is 2. The number of carbonyl (C=O) groups is 6. The van der Waals surface area contributed by atoms with Gasteiger partial charge in [-0.1, -0.05) is 55.3 Å². The minimum atomic E-state index is -1.46. The second-order valence-electron chi connectivity index (χ2n) is 18.3. The molecule has 4 aliphatic rings. The van der Waals surface area contributed by atoms with Crippen molar-refractivity contribution >= 4 is 63.2 Å². The Morgan fingerprint density at radius 3 is 2.13 bits per heavy atom. The van der Waals surface area contributed by atoms with Crippen LogP contribution < -0.4 is 32.7 Å². The molecule has 3 fully saturated rings. The van der Waals surface area contributed by atoms with Crippen LogP contribution in [0.4, 0.5) is 0 Å². The first kappa shape index (κ1) is 44.8. The Bertz CT molecular complexity index is 2750. The van der Waals surface area contributed by atoms with E-state index in [1.807, 2.05) is 48.5 Å². The largest absolute Gasteiger partial charge is 0.508 e. The molecule has 1 spiro atoms. The lowest BCUT2D eigenvalue weighted by Crippen LogP contribution is -2.65. The van der Waals surface area contributed by atoms with E-state index < -0.39 is 71.2 Å². The van der Waals surface area contributed by atoms with Gasteiger partial charge in [0.05, 0.1) is 0 Å². The van der Waals surface area contributed by atoms with Crippen LogP contribution in [-0.4, -0.2) is 115 Å². The van der Waals surface area contributed by atoms with E-state index >= 15 is 4.79 Å². The van der Waals surface area contributed by atoms with Gasteiger partial charge in [0.15, 0.2) is 5.96 Å². The maximum absolute atomic E-state index is 15.0. The van der Waals surface area contributed by atoms with Gasteiger partial charge in [-0.05, 0) is 79.0 Å². The van der Waals surface area contributed by atoms with E-state index in [2.05, 4.69) is 36.2 Å². The number of nitrogens with one attached hydrogen (secondary N) is 6. The van der Waals surface area contributed by atoms with E-state index in [1.54, 1.807) is 24.5 Å². The summed E-state index contributed by atoms with van der Waals surface area (Å²) in [7, 11) is 0. The van der Waals surface area contributed by atoms with E-state index in [1.165, 1.54) is 15.9 Å². The number of phenols is 1. The molecule has 3 aliphatic heterocycles. The molecule has 5 aromatic rings. The maximum Gasteiger partial charge on any atom is 0.246 e. The number of fused-ring (bicyclic) bond motifs is 5. The summed E-state index contributed by atoms with van der Waals surface area (Å²) >= 11 is 0. The number of hydrogen-bond acceptors (Lipinski definition) is 8. The lowest BCUT2D eigenvalue weighted by atomic mass is 9.91. The molecular formula is C49H57N11O7. The highest BCUT2D eigenvalue weighted by atomic mass is 16.3. The number of carbonyl (C=O) groups excluding carboxylic acids is 6. The fraction of sp³-hybridized carbons (Fsp3) is 0.408. The Labute approximate surface area is 386 Å². The average molecular weight is 912 g/mol. The molecule has 1 saturated carbocycles. The molecule has 5 atom stereocenters. The Morgan fingerprint density at radius 2 is 1.37 bits per heavy atom. The monoisotopic (exact) mass is 911 g/mol. The van der Waals surface area contributed by atoms with Crippen molar-refractivity contribution in [3.8, 4) is 5.75 Å². The normalized spacial score (nSPS) is 23.7. The maximum atomic E-state index is 15.0. The summed E-state index contributed by atoms with van der Waals surface area (Å²) in [6.45, 7) is 0.502. The standard InChI is InChI=1S/C49H57N11O7/c50-48(51)52-19-7-13-36-45(65)59-20-8-14-40(59)46(66)60-27-29-10-2-1-9-28(29)23-41(60)44(64)56-39(22-31-26-54-37-24-32(61)15-16-34(31)37)43(63)58-49(17-5-6-18-49)47(67)57-38(42(62)55-36)21-30-25-53-35-12-4-3-11-33(30)35/h1-4,9-12,15-16,24-26,36,38-41,53-54,61H,5-8,13-14,17-23,27H2,(H,55,62)(H,56,64)(H,57,67)(H,58,63)(H4,50,51,52)/t36-,38-,39-,40+,41-/m0/s1. The molecule has 1 aliphatic carbocycles. The van der Waals surface area contributed by atoms with Crippen molar-refractivity contribution in [3.63, 3.8) is 0 Å². The highest BCUT2D eigenvalue weighted by Crippen LogP contribution is 2.33. The molecule has 9 rings (SSSR count). The van der Waals surface area contributed by atoms with E-state index in [4.69, 9.17) is 11.5 Å². The number of guanidine groups is 1. The zero-order valence-corrected chi connectivity index (χ0v) is 37.2. The van der Waals surface area contributed by atoms with Crippen LogP contribution in [0.1, 0.15) is 73.6 Å². The molecule has 18 nitrogen and oxygen atoms in total. The van der Waals surface area contributed by atoms with Crippen LogP contribution in [0.25, 0.3) is 21.8 Å². The molecule has 0 unspecified atom stereocenters. The fourth-order valence-corrected chi connectivity index (χ4v) is 10.5. The predicted molar refractivity (Wildman–Crippen MR) is 250 cm³/mol. The summed E-state index contributed by atoms with van der Waals surface area (Å²) in [5.41, 5.74) is 14.4. The molecule has 5 heterocycles. The molecule has 2 saturated heterocycles. The molecule has 3 aromatic carbocycles. The van der Waals surface area contributed by atoms with E-state index in [0.717, 1.165) is 33.0 Å². The SMILES string of the molecule is NC(N)=NCCC[C@@H]1NC(=O)[C@H](Cc2c[nH]c3ccccc23)NC(=O)C2(CCCC2)NC(=O)[C@H](Cc2c[nH]c3cc(O)ccc23)NC(=O)[C@@H]2Cc3ccccc3CN2C(=O)[C@H]2CCCN2C1=O. The lowest BCUT2D eigenvalue weighted by molar-refractivity contribution is -0.150. The minimum absolute atomic E-state index is 0.00161. The van der Waals surface area contributed by atoms with Crippen molar-refractivity contribution in [2.45, 2.75) is 113 Å². The average Bonchev–Trinajstić information content (AvgIpc) is 4.16. The first-order chi connectivity index (χ1) is 32.4. The van der Waals surface area contributed by atoms with Gasteiger partial charge in [0, 0.05) is 79.2 Å². The second-order valence-corrected chi connectivity index (χ2v) is 18.3. The number of aromatic nitrogens is 2. The number of aromatic amines is 2. The third kappa shape index (κ3) is 9.24. The number of aliphatic imine (C=N–C) groups is 1. The van der Waals surface area contributed by atoms with Crippen molar-refractivity contribution in [1.82, 2.24) is 41.0 Å². The van der Waals surface area contributed by atoms with Gasteiger partial charge in [0.2, 0.25) is 35.4 Å². The number of nitrogens with zero attached hydrogens (tertiary/aromatic N) is 3. The number of benzene rings is 3. The van der Waals surface area contributed by atoms with Crippen molar-refractivity contribution in [2.75, 3.05) is 13.1 Å². The van der Waals surface area contributed by atoms with E-state index in [0.29, 0.717) is 43.2 Å². The number of hydrogen-bond donors (Lipinski definition) is 9. The number of phenolic OH excluding ortho intramolecular Hbond substituents is 1. The molecule has 67 heavy (non-hydrogen) atoms. The molecule has 11 N–H and O–H groups in total. The van der Waals surface area contributed by atoms with Crippen molar-refractivity contribution < 1.29 is 33.9 Å². The number of nitrogens with two attached hydrogens (primary N) is 2. The second kappa shape index (κ2) is 18.9. The van der Waals surface area contributed by atoms with Gasteiger partial charge in [-0.15, -0.1) is 0 Å². The van der Waals surface area contributed by atoms with Crippen LogP contribution >= 0.6 is 0 Å². The Balaban J connectivity index is 1.13. The zero-order chi connectivity index (χ0) is 46.8. The van der Waals surface area contributed by atoms with Gasteiger partial charge >= 0.3 is 0 Å². The molecule has 2 aromatic heterocycles. The van der Waals surface area contributed by atoms with Crippen molar-refractivity contribution in [1.29, 1.82) is 0 Å². The highest BCUT2D eigenvalue weighted by Gasteiger charge is 2.48. The van der Waals surface area contributed by atoms with E-state index in [-0.39, 0.29) is 69.9 Å². The van der Waals surface area contributed by atoms with Gasteiger partial charge in [-0.3, -0.25) is 33.8 Å². The first-order valence-corrected chi connectivity index (χ1v) is 23.2. The summed E-state index contributed by atoms with van der Waals surface area (Å²) < 4.78 is 0. The number of amides is 6. The lowest BCUT2D eigenvalue weighted by Gasteiger charge is -2.40. The van der Waals surface area contributed by atoms with Gasteiger partial charge in [0.1, 0.15) is 41.5 Å². The first-order valence-electron chi connectivity index (χ1n) is 23.2. The van der Waals surface area contributed by atoms with E-state index in [9.17, 15) is 29.1 Å². The molecule has 0 bridgehead atoms. The number of para-hydroxylation sites is 1. The van der Waals surface area contributed by atoms with Crippen LogP contribution in [-0.2, 0) is 54.6 Å². The highest BCUT2D eigenvalue weighted by molar-refractivity contribution is 6.00. The summed E-state index contributed by atoms with van der Waals surface area (Å²) in [5.74, 6) is -3.32. The number of rotatable bonds is 8. The summed E-state index contributed by atoms with van der Waals surface area (Å²) in [6, 6.07) is 14.4. The van der Waals surface area contributed by atoms with Gasteiger partial charge in [0.25, 0.3) is 0 Å².